The lowest BCUT2D eigenvalue weighted by Gasteiger charge is -2.17. The van der Waals surface area contributed by atoms with E-state index >= 15 is 0 Å². The summed E-state index contributed by atoms with van der Waals surface area (Å²) in [5.41, 5.74) is 0.631. The van der Waals surface area contributed by atoms with Crippen molar-refractivity contribution in [1.29, 1.82) is 0 Å². The first-order valence-electron chi connectivity index (χ1n) is 5.68. The molecule has 0 atom stereocenters. The number of carbonyl (C=O) groups is 1. The Morgan fingerprint density at radius 1 is 1.00 bits per heavy atom. The lowest BCUT2D eigenvalue weighted by atomic mass is 10.1. The van der Waals surface area contributed by atoms with Crippen molar-refractivity contribution in [2.75, 3.05) is 0 Å². The maximum Gasteiger partial charge on any atom is 0.324 e. The summed E-state index contributed by atoms with van der Waals surface area (Å²) in [5, 5.41) is 2.20. The van der Waals surface area contributed by atoms with Crippen LogP contribution in [0.5, 0.6) is 0 Å². The van der Waals surface area contributed by atoms with E-state index in [-0.39, 0.29) is 5.97 Å². The molecule has 0 N–H and O–H groups in total. The monoisotopic (exact) mass is 244 g/mol. The summed E-state index contributed by atoms with van der Waals surface area (Å²) in [5.74, 6) is -0.213. The first-order valence-corrected chi connectivity index (χ1v) is 9.09. The second-order valence-corrected chi connectivity index (χ2v) is 9.49. The fraction of sp³-hybridized carbons (Fsp3) is 0.214. The number of carbonyl (C=O) groups excluding carboxylic acids is 1. The molecule has 17 heavy (non-hydrogen) atoms. The third-order valence-corrected chi connectivity index (χ3v) is 3.18. The molecule has 2 aromatic rings. The Bertz CT molecular complexity index is 555. The highest BCUT2D eigenvalue weighted by Gasteiger charge is 2.20. The van der Waals surface area contributed by atoms with Crippen molar-refractivity contribution < 1.29 is 9.22 Å². The molecule has 0 aliphatic heterocycles. The summed E-state index contributed by atoms with van der Waals surface area (Å²) in [6, 6.07) is 13.7. The zero-order valence-corrected chi connectivity index (χ0v) is 11.4. The molecule has 0 radical (unpaired) electrons. The summed E-state index contributed by atoms with van der Waals surface area (Å²) >= 11 is 0. The number of benzene rings is 2. The molecule has 88 valence electrons. The third-order valence-electron chi connectivity index (χ3n) is 2.38. The van der Waals surface area contributed by atoms with E-state index in [1.165, 1.54) is 0 Å². The SMILES string of the molecule is C[Si](C)(C)OC(=O)c1ccc2ccccc2c1. The fourth-order valence-electron chi connectivity index (χ4n) is 1.65. The zero-order valence-electron chi connectivity index (χ0n) is 10.4. The molecule has 0 saturated heterocycles. The number of hydrogen-bond donors (Lipinski definition) is 0. The Hall–Kier alpha value is -1.61. The predicted octanol–water partition coefficient (Wildman–Crippen LogP) is 3.83. The van der Waals surface area contributed by atoms with Crippen LogP contribution in [0, 0.1) is 0 Å². The molecule has 0 spiro atoms. The molecule has 2 aromatic carbocycles. The molecule has 0 heterocycles. The van der Waals surface area contributed by atoms with Gasteiger partial charge in [-0.15, -0.1) is 0 Å². The molecule has 0 aromatic heterocycles. The maximum atomic E-state index is 11.9. The van der Waals surface area contributed by atoms with Gasteiger partial charge < -0.3 is 4.43 Å². The first-order chi connectivity index (χ1) is 7.96. The van der Waals surface area contributed by atoms with Crippen LogP contribution in [-0.4, -0.2) is 14.3 Å². The van der Waals surface area contributed by atoms with Gasteiger partial charge in [0.05, 0.1) is 5.56 Å². The summed E-state index contributed by atoms with van der Waals surface area (Å²) in [6.45, 7) is 6.02. The Morgan fingerprint density at radius 2 is 1.65 bits per heavy atom. The third kappa shape index (κ3) is 2.94. The number of hydrogen-bond acceptors (Lipinski definition) is 2. The molecule has 0 amide bonds. The second kappa shape index (κ2) is 4.34. The molecule has 0 aliphatic rings. The quantitative estimate of drug-likeness (QED) is 0.750. The van der Waals surface area contributed by atoms with Gasteiger partial charge in [0, 0.05) is 0 Å². The maximum absolute atomic E-state index is 11.9. The van der Waals surface area contributed by atoms with Gasteiger partial charge in [-0.2, -0.15) is 0 Å². The van der Waals surface area contributed by atoms with Crippen LogP contribution in [0.3, 0.4) is 0 Å². The highest BCUT2D eigenvalue weighted by atomic mass is 28.4. The predicted molar refractivity (Wildman–Crippen MR) is 72.7 cm³/mol. The molecule has 0 saturated carbocycles. The van der Waals surface area contributed by atoms with Crippen molar-refractivity contribution in [2.45, 2.75) is 19.6 Å². The van der Waals surface area contributed by atoms with Gasteiger partial charge in [0.25, 0.3) is 0 Å². The molecule has 0 unspecified atom stereocenters. The van der Waals surface area contributed by atoms with E-state index in [2.05, 4.69) is 0 Å². The average molecular weight is 244 g/mol. The minimum absolute atomic E-state index is 0.213. The van der Waals surface area contributed by atoms with E-state index in [1.807, 2.05) is 62.1 Å². The van der Waals surface area contributed by atoms with E-state index in [0.29, 0.717) is 5.56 Å². The summed E-state index contributed by atoms with van der Waals surface area (Å²) < 4.78 is 5.47. The average Bonchev–Trinajstić information content (AvgIpc) is 2.26. The molecule has 0 bridgehead atoms. The van der Waals surface area contributed by atoms with E-state index < -0.39 is 8.32 Å². The van der Waals surface area contributed by atoms with Gasteiger partial charge in [-0.25, -0.2) is 4.79 Å². The van der Waals surface area contributed by atoms with Crippen LogP contribution in [0.15, 0.2) is 42.5 Å². The van der Waals surface area contributed by atoms with Crippen LogP contribution in [0.25, 0.3) is 10.8 Å². The van der Waals surface area contributed by atoms with Crippen molar-refractivity contribution in [3.05, 3.63) is 48.0 Å². The second-order valence-electron chi connectivity index (χ2n) is 5.06. The van der Waals surface area contributed by atoms with Crippen LogP contribution >= 0.6 is 0 Å². The zero-order chi connectivity index (χ0) is 12.5. The van der Waals surface area contributed by atoms with Crippen molar-refractivity contribution in [2.24, 2.45) is 0 Å². The standard InChI is InChI=1S/C14H16O2Si/c1-17(2,3)16-14(15)13-9-8-11-6-4-5-7-12(11)10-13/h4-10H,1-3H3. The van der Waals surface area contributed by atoms with Crippen molar-refractivity contribution in [1.82, 2.24) is 0 Å². The van der Waals surface area contributed by atoms with Crippen LogP contribution < -0.4 is 0 Å². The minimum atomic E-state index is -1.82. The van der Waals surface area contributed by atoms with Gasteiger partial charge in [-0.05, 0) is 42.5 Å². The van der Waals surface area contributed by atoms with Crippen LogP contribution in [-0.2, 0) is 4.43 Å². The van der Waals surface area contributed by atoms with Crippen molar-refractivity contribution >= 4 is 25.1 Å². The largest absolute Gasteiger partial charge is 0.516 e. The van der Waals surface area contributed by atoms with E-state index in [4.69, 9.17) is 4.43 Å². The number of fused-ring (bicyclic) bond motifs is 1. The molecule has 2 rings (SSSR count). The minimum Gasteiger partial charge on any atom is -0.516 e. The van der Waals surface area contributed by atoms with Gasteiger partial charge >= 0.3 is 5.97 Å². The van der Waals surface area contributed by atoms with Gasteiger partial charge in [0.15, 0.2) is 0 Å². The fourth-order valence-corrected chi connectivity index (χ4v) is 2.33. The van der Waals surface area contributed by atoms with Crippen LogP contribution in [0.1, 0.15) is 10.4 Å². The molecule has 2 nitrogen and oxygen atoms in total. The Balaban J connectivity index is 2.33. The van der Waals surface area contributed by atoms with Crippen molar-refractivity contribution in [3.63, 3.8) is 0 Å². The molecule has 0 aliphatic carbocycles. The van der Waals surface area contributed by atoms with E-state index in [0.717, 1.165) is 10.8 Å². The Labute approximate surface area is 102 Å². The van der Waals surface area contributed by atoms with Crippen LogP contribution in [0.2, 0.25) is 19.6 Å². The Morgan fingerprint density at radius 3 is 2.29 bits per heavy atom. The summed E-state index contributed by atoms with van der Waals surface area (Å²) in [7, 11) is -1.82. The van der Waals surface area contributed by atoms with Gasteiger partial charge in [0.1, 0.15) is 0 Å². The van der Waals surface area contributed by atoms with E-state index in [1.54, 1.807) is 0 Å². The molecular weight excluding hydrogens is 228 g/mol. The summed E-state index contributed by atoms with van der Waals surface area (Å²) in [6.07, 6.45) is 0. The molecular formula is C14H16O2Si. The number of rotatable bonds is 2. The lowest BCUT2D eigenvalue weighted by Crippen LogP contribution is -2.29. The smallest absolute Gasteiger partial charge is 0.324 e. The Kier molecular flexibility index (Phi) is 3.02. The molecule has 3 heteroatoms. The van der Waals surface area contributed by atoms with Gasteiger partial charge in [0.2, 0.25) is 8.32 Å². The van der Waals surface area contributed by atoms with Gasteiger partial charge in [-0.1, -0.05) is 30.3 Å². The first kappa shape index (κ1) is 11.9. The molecule has 0 fully saturated rings. The summed E-state index contributed by atoms with van der Waals surface area (Å²) in [4.78, 5) is 11.9. The topological polar surface area (TPSA) is 26.3 Å². The van der Waals surface area contributed by atoms with Gasteiger partial charge in [-0.3, -0.25) is 0 Å². The van der Waals surface area contributed by atoms with Crippen molar-refractivity contribution in [3.8, 4) is 0 Å². The highest BCUT2D eigenvalue weighted by Crippen LogP contribution is 2.17. The normalized spacial score (nSPS) is 11.5. The van der Waals surface area contributed by atoms with E-state index in [9.17, 15) is 4.79 Å². The highest BCUT2D eigenvalue weighted by molar-refractivity contribution is 6.71. The van der Waals surface area contributed by atoms with Crippen LogP contribution in [0.4, 0.5) is 0 Å². The lowest BCUT2D eigenvalue weighted by molar-refractivity contribution is 0.0725.